The molecule has 1 aromatic carbocycles. The van der Waals surface area contributed by atoms with E-state index in [1.54, 1.807) is 6.92 Å². The first kappa shape index (κ1) is 10.6. The second-order valence-electron chi connectivity index (χ2n) is 3.21. The van der Waals surface area contributed by atoms with Gasteiger partial charge in [-0.25, -0.2) is 0 Å². The lowest BCUT2D eigenvalue weighted by Gasteiger charge is -2.12. The Morgan fingerprint density at radius 1 is 1.57 bits per heavy atom. The van der Waals surface area contributed by atoms with Crippen LogP contribution >= 0.6 is 0 Å². The van der Waals surface area contributed by atoms with Crippen molar-refractivity contribution in [2.45, 2.75) is 20.0 Å². The van der Waals surface area contributed by atoms with Crippen molar-refractivity contribution < 1.29 is 9.84 Å². The highest BCUT2D eigenvalue weighted by Crippen LogP contribution is 2.25. The quantitative estimate of drug-likeness (QED) is 0.739. The van der Waals surface area contributed by atoms with Crippen molar-refractivity contribution in [1.82, 2.24) is 0 Å². The van der Waals surface area contributed by atoms with Gasteiger partial charge in [0.2, 0.25) is 0 Å². The molecule has 0 heterocycles. The van der Waals surface area contributed by atoms with Gasteiger partial charge in [0.05, 0.1) is 6.10 Å². The second kappa shape index (κ2) is 4.69. The molecule has 0 unspecified atom stereocenters. The number of hydrogen-bond donors (Lipinski definition) is 1. The number of hydrogen-bond acceptors (Lipinski definition) is 2. The van der Waals surface area contributed by atoms with Gasteiger partial charge in [-0.1, -0.05) is 17.6 Å². The third-order valence-electron chi connectivity index (χ3n) is 1.93. The van der Waals surface area contributed by atoms with Crippen LogP contribution in [0.2, 0.25) is 0 Å². The lowest BCUT2D eigenvalue weighted by atomic mass is 10.1. The smallest absolute Gasteiger partial charge is 0.148 e. The maximum absolute atomic E-state index is 9.50. The van der Waals surface area contributed by atoms with Crippen LogP contribution in [0.25, 0.3) is 0 Å². The molecule has 0 amide bonds. The summed E-state index contributed by atoms with van der Waals surface area (Å²) in [5.74, 6) is 3.05. The van der Waals surface area contributed by atoms with E-state index in [1.807, 2.05) is 25.1 Å². The van der Waals surface area contributed by atoms with Crippen molar-refractivity contribution in [2.75, 3.05) is 6.61 Å². The van der Waals surface area contributed by atoms with Gasteiger partial charge >= 0.3 is 0 Å². The summed E-state index contributed by atoms with van der Waals surface area (Å²) in [6.07, 6.45) is 4.56. The Kier molecular flexibility index (Phi) is 3.55. The fourth-order valence-corrected chi connectivity index (χ4v) is 1.25. The maximum Gasteiger partial charge on any atom is 0.148 e. The van der Waals surface area contributed by atoms with Gasteiger partial charge in [-0.3, -0.25) is 0 Å². The first-order valence-corrected chi connectivity index (χ1v) is 4.50. The zero-order chi connectivity index (χ0) is 10.6. The van der Waals surface area contributed by atoms with Crippen LogP contribution in [0.5, 0.6) is 5.75 Å². The van der Waals surface area contributed by atoms with Crippen LogP contribution < -0.4 is 4.74 Å². The highest BCUT2D eigenvalue weighted by atomic mass is 16.5. The number of aliphatic hydroxyl groups is 1. The number of benzene rings is 1. The molecule has 0 saturated heterocycles. The van der Waals surface area contributed by atoms with E-state index in [0.29, 0.717) is 5.75 Å². The molecule has 0 fully saturated rings. The van der Waals surface area contributed by atoms with Crippen molar-refractivity contribution in [3.8, 4) is 18.1 Å². The number of aryl methyl sites for hydroxylation is 1. The zero-order valence-electron chi connectivity index (χ0n) is 8.45. The third-order valence-corrected chi connectivity index (χ3v) is 1.93. The van der Waals surface area contributed by atoms with E-state index in [9.17, 15) is 5.11 Å². The number of aliphatic hydroxyl groups excluding tert-OH is 1. The largest absolute Gasteiger partial charge is 0.481 e. The average molecular weight is 190 g/mol. The van der Waals surface area contributed by atoms with Crippen LogP contribution in [0, 0.1) is 19.3 Å². The van der Waals surface area contributed by atoms with Crippen molar-refractivity contribution in [3.05, 3.63) is 29.3 Å². The molecule has 14 heavy (non-hydrogen) atoms. The van der Waals surface area contributed by atoms with Crippen molar-refractivity contribution in [2.24, 2.45) is 0 Å². The van der Waals surface area contributed by atoms with Crippen LogP contribution in [-0.4, -0.2) is 11.7 Å². The van der Waals surface area contributed by atoms with E-state index in [-0.39, 0.29) is 6.61 Å². The van der Waals surface area contributed by atoms with E-state index in [1.165, 1.54) is 0 Å². The van der Waals surface area contributed by atoms with Crippen LogP contribution in [0.1, 0.15) is 24.2 Å². The van der Waals surface area contributed by atoms with Crippen molar-refractivity contribution in [3.63, 3.8) is 0 Å². The molecule has 2 nitrogen and oxygen atoms in total. The summed E-state index contributed by atoms with van der Waals surface area (Å²) in [6, 6.07) is 5.66. The monoisotopic (exact) mass is 190 g/mol. The van der Waals surface area contributed by atoms with E-state index < -0.39 is 6.10 Å². The standard InChI is InChI=1S/C12H14O2/c1-4-7-14-12-6-5-9(2)8-11(12)10(3)13/h1,5-6,8,10,13H,7H2,2-3H3/t10-/m0/s1. The summed E-state index contributed by atoms with van der Waals surface area (Å²) >= 11 is 0. The molecule has 0 spiro atoms. The molecular weight excluding hydrogens is 176 g/mol. The Morgan fingerprint density at radius 2 is 2.29 bits per heavy atom. The number of terminal acetylenes is 1. The summed E-state index contributed by atoms with van der Waals surface area (Å²) in [6.45, 7) is 3.90. The lowest BCUT2D eigenvalue weighted by Crippen LogP contribution is -2.00. The Labute approximate surface area is 84.5 Å². The summed E-state index contributed by atoms with van der Waals surface area (Å²) in [5.41, 5.74) is 1.87. The van der Waals surface area contributed by atoms with Gasteiger partial charge < -0.3 is 9.84 Å². The molecule has 1 rings (SSSR count). The molecule has 0 aliphatic heterocycles. The Balaban J connectivity index is 2.97. The highest BCUT2D eigenvalue weighted by molar-refractivity contribution is 5.38. The minimum absolute atomic E-state index is 0.225. The van der Waals surface area contributed by atoms with E-state index in [2.05, 4.69) is 5.92 Å². The molecule has 0 bridgehead atoms. The second-order valence-corrected chi connectivity index (χ2v) is 3.21. The maximum atomic E-state index is 9.50. The van der Waals surface area contributed by atoms with Gasteiger partial charge in [0.25, 0.3) is 0 Å². The predicted molar refractivity (Wildman–Crippen MR) is 56.1 cm³/mol. The average Bonchev–Trinajstić information content (AvgIpc) is 2.15. The fourth-order valence-electron chi connectivity index (χ4n) is 1.25. The van der Waals surface area contributed by atoms with Gasteiger partial charge in [0, 0.05) is 5.56 Å². The Bertz CT molecular complexity index is 348. The molecule has 74 valence electrons. The van der Waals surface area contributed by atoms with Crippen LogP contribution in [0.15, 0.2) is 18.2 Å². The number of rotatable bonds is 3. The van der Waals surface area contributed by atoms with Gasteiger partial charge in [-0.05, 0) is 26.0 Å². The first-order valence-electron chi connectivity index (χ1n) is 4.50. The SMILES string of the molecule is C#CCOc1ccc(C)cc1[C@H](C)O. The fraction of sp³-hybridized carbons (Fsp3) is 0.333. The number of ether oxygens (including phenoxy) is 1. The first-order chi connectivity index (χ1) is 6.65. The summed E-state index contributed by atoms with van der Waals surface area (Å²) in [7, 11) is 0. The molecule has 2 heteroatoms. The van der Waals surface area contributed by atoms with E-state index in [0.717, 1.165) is 11.1 Å². The van der Waals surface area contributed by atoms with Crippen LogP contribution in [-0.2, 0) is 0 Å². The van der Waals surface area contributed by atoms with E-state index in [4.69, 9.17) is 11.2 Å². The van der Waals surface area contributed by atoms with Crippen molar-refractivity contribution in [1.29, 1.82) is 0 Å². The Morgan fingerprint density at radius 3 is 2.86 bits per heavy atom. The molecular formula is C12H14O2. The molecule has 0 aromatic heterocycles. The predicted octanol–water partition coefficient (Wildman–Crippen LogP) is 2.06. The summed E-state index contributed by atoms with van der Waals surface area (Å²) < 4.78 is 5.31. The minimum atomic E-state index is -0.539. The molecule has 1 atom stereocenters. The summed E-state index contributed by atoms with van der Waals surface area (Å²) in [5, 5.41) is 9.50. The van der Waals surface area contributed by atoms with Crippen molar-refractivity contribution >= 4 is 0 Å². The van der Waals surface area contributed by atoms with Gasteiger partial charge in [0.1, 0.15) is 12.4 Å². The topological polar surface area (TPSA) is 29.5 Å². The van der Waals surface area contributed by atoms with Gasteiger partial charge in [-0.15, -0.1) is 6.42 Å². The molecule has 0 radical (unpaired) electrons. The van der Waals surface area contributed by atoms with Gasteiger partial charge in [-0.2, -0.15) is 0 Å². The lowest BCUT2D eigenvalue weighted by molar-refractivity contribution is 0.193. The highest BCUT2D eigenvalue weighted by Gasteiger charge is 2.08. The normalized spacial score (nSPS) is 11.9. The van der Waals surface area contributed by atoms with Crippen LogP contribution in [0.3, 0.4) is 0 Å². The van der Waals surface area contributed by atoms with Gasteiger partial charge in [0.15, 0.2) is 0 Å². The molecule has 0 aliphatic rings. The Hall–Kier alpha value is -1.46. The molecule has 1 N–H and O–H groups in total. The summed E-state index contributed by atoms with van der Waals surface area (Å²) in [4.78, 5) is 0. The minimum Gasteiger partial charge on any atom is -0.481 e. The third kappa shape index (κ3) is 2.51. The molecule has 0 saturated carbocycles. The van der Waals surface area contributed by atoms with E-state index >= 15 is 0 Å². The molecule has 0 aliphatic carbocycles. The van der Waals surface area contributed by atoms with Crippen LogP contribution in [0.4, 0.5) is 0 Å². The molecule has 1 aromatic rings. The zero-order valence-corrected chi connectivity index (χ0v) is 8.45.